The number of thiophene rings is 1. The van der Waals surface area contributed by atoms with E-state index in [4.69, 9.17) is 9.84 Å². The van der Waals surface area contributed by atoms with Crippen LogP contribution in [0.15, 0.2) is 90.3 Å². The Kier molecular flexibility index (Phi) is 5.63. The van der Waals surface area contributed by atoms with Crippen LogP contribution in [0.5, 0.6) is 0 Å². The summed E-state index contributed by atoms with van der Waals surface area (Å²) < 4.78 is 6.78. The van der Waals surface area contributed by atoms with E-state index in [1.165, 1.54) is 4.70 Å². The van der Waals surface area contributed by atoms with E-state index in [-0.39, 0.29) is 18.1 Å². The van der Waals surface area contributed by atoms with E-state index in [0.29, 0.717) is 12.0 Å². The summed E-state index contributed by atoms with van der Waals surface area (Å²) in [6.45, 7) is 0.231. The molecule has 4 nitrogen and oxygen atoms in total. The second-order valence-corrected chi connectivity index (χ2v) is 8.89. The van der Waals surface area contributed by atoms with E-state index in [1.54, 1.807) is 29.5 Å². The van der Waals surface area contributed by atoms with Crippen molar-refractivity contribution in [2.45, 2.75) is 13.0 Å². The van der Waals surface area contributed by atoms with Crippen LogP contribution in [-0.2, 0) is 17.8 Å². The molecule has 1 N–H and O–H groups in total. The van der Waals surface area contributed by atoms with Gasteiger partial charge in [-0.1, -0.05) is 42.5 Å². The molecule has 1 heterocycles. The van der Waals surface area contributed by atoms with Gasteiger partial charge in [0.05, 0.1) is 11.1 Å². The summed E-state index contributed by atoms with van der Waals surface area (Å²) in [5.74, 6) is -1.28. The Labute approximate surface area is 194 Å². The highest BCUT2D eigenvalue weighted by Crippen LogP contribution is 2.23. The molecule has 0 spiro atoms. The van der Waals surface area contributed by atoms with E-state index >= 15 is 0 Å². The topological polar surface area (TPSA) is 63.6 Å². The van der Waals surface area contributed by atoms with Gasteiger partial charge in [-0.15, -0.1) is 11.3 Å². The average Bonchev–Trinajstić information content (AvgIpc) is 3.30. The van der Waals surface area contributed by atoms with Gasteiger partial charge in [0.15, 0.2) is 0 Å². The van der Waals surface area contributed by atoms with Crippen LogP contribution in [-0.4, -0.2) is 17.0 Å². The van der Waals surface area contributed by atoms with Gasteiger partial charge in [-0.25, -0.2) is 9.59 Å². The number of hydrogen-bond acceptors (Lipinski definition) is 4. The van der Waals surface area contributed by atoms with Crippen molar-refractivity contribution < 1.29 is 19.4 Å². The highest BCUT2D eigenvalue weighted by atomic mass is 32.1. The molecule has 0 unspecified atom stereocenters. The quantitative estimate of drug-likeness (QED) is 0.291. The highest BCUT2D eigenvalue weighted by Gasteiger charge is 2.10. The van der Waals surface area contributed by atoms with Gasteiger partial charge >= 0.3 is 11.9 Å². The molecule has 0 saturated heterocycles. The molecule has 0 aliphatic carbocycles. The van der Waals surface area contributed by atoms with Crippen molar-refractivity contribution in [3.05, 3.63) is 118 Å². The first-order valence-corrected chi connectivity index (χ1v) is 11.4. The minimum atomic E-state index is -0.932. The number of aromatic carboxylic acids is 1. The number of rotatable bonds is 6. The van der Waals surface area contributed by atoms with Crippen LogP contribution in [0.4, 0.5) is 0 Å². The molecule has 0 aliphatic heterocycles. The number of carboxylic acid groups (broad SMARTS) is 1. The Hall–Kier alpha value is -3.96. The molecule has 1 aromatic heterocycles. The van der Waals surface area contributed by atoms with Gasteiger partial charge < -0.3 is 9.84 Å². The maximum absolute atomic E-state index is 12.7. The van der Waals surface area contributed by atoms with Crippen molar-refractivity contribution in [2.75, 3.05) is 0 Å². The average molecular weight is 453 g/mol. The lowest BCUT2D eigenvalue weighted by Crippen LogP contribution is -2.05. The fourth-order valence-electron chi connectivity index (χ4n) is 3.87. The van der Waals surface area contributed by atoms with Crippen LogP contribution >= 0.6 is 11.3 Å². The van der Waals surface area contributed by atoms with Gasteiger partial charge in [-0.2, -0.15) is 0 Å². The number of benzene rings is 4. The molecule has 4 aromatic carbocycles. The van der Waals surface area contributed by atoms with E-state index in [0.717, 1.165) is 32.8 Å². The van der Waals surface area contributed by atoms with Crippen molar-refractivity contribution in [1.29, 1.82) is 0 Å². The number of esters is 1. The summed E-state index contributed by atoms with van der Waals surface area (Å²) in [6, 6.07) is 26.7. The summed E-state index contributed by atoms with van der Waals surface area (Å²) in [5.41, 5.74) is 3.86. The Bertz CT molecular complexity index is 1480. The summed E-state index contributed by atoms with van der Waals surface area (Å²) in [7, 11) is 0. The van der Waals surface area contributed by atoms with Crippen molar-refractivity contribution in [1.82, 2.24) is 0 Å². The van der Waals surface area contributed by atoms with Gasteiger partial charge in [0, 0.05) is 4.70 Å². The fourth-order valence-corrected chi connectivity index (χ4v) is 4.64. The number of carbonyl (C=O) groups excluding carboxylic acids is 1. The highest BCUT2D eigenvalue weighted by molar-refractivity contribution is 7.17. The molecule has 0 saturated carbocycles. The van der Waals surface area contributed by atoms with Crippen molar-refractivity contribution in [3.63, 3.8) is 0 Å². The third-order valence-corrected chi connectivity index (χ3v) is 6.53. The molecule has 5 heteroatoms. The molecule has 5 aromatic rings. The standard InChI is InChI=1S/C28H20O4S/c29-27(30)22-6-1-18(2-7-22)13-19-3-5-21-8-9-24(16-25(21)14-19)28(31)32-17-20-4-10-26-23(15-20)11-12-33-26/h1-12,14-16H,13,17H2,(H,29,30). The van der Waals surface area contributed by atoms with Crippen molar-refractivity contribution in [3.8, 4) is 0 Å². The van der Waals surface area contributed by atoms with Crippen molar-refractivity contribution >= 4 is 44.1 Å². The number of carboxylic acids is 1. The maximum Gasteiger partial charge on any atom is 0.338 e. The Morgan fingerprint density at radius 2 is 1.39 bits per heavy atom. The van der Waals surface area contributed by atoms with E-state index < -0.39 is 5.97 Å². The largest absolute Gasteiger partial charge is 0.478 e. The zero-order valence-electron chi connectivity index (χ0n) is 17.7. The second kappa shape index (κ2) is 8.88. The molecule has 0 radical (unpaired) electrons. The molecule has 0 fully saturated rings. The third kappa shape index (κ3) is 4.64. The molecule has 0 amide bonds. The lowest BCUT2D eigenvalue weighted by atomic mass is 9.99. The molecule has 0 bridgehead atoms. The number of carbonyl (C=O) groups is 2. The Morgan fingerprint density at radius 3 is 2.21 bits per heavy atom. The normalized spacial score (nSPS) is 11.0. The number of fused-ring (bicyclic) bond motifs is 2. The SMILES string of the molecule is O=C(O)c1ccc(Cc2ccc3ccc(C(=O)OCc4ccc5sccc5c4)cc3c2)cc1. The molecular formula is C28H20O4S. The molecule has 0 atom stereocenters. The summed E-state index contributed by atoms with van der Waals surface area (Å²) >= 11 is 1.69. The van der Waals surface area contributed by atoms with Gasteiger partial charge in [-0.3, -0.25) is 0 Å². The van der Waals surface area contributed by atoms with Gasteiger partial charge in [0.25, 0.3) is 0 Å². The number of hydrogen-bond donors (Lipinski definition) is 1. The van der Waals surface area contributed by atoms with E-state index in [1.807, 2.05) is 42.5 Å². The molecule has 5 rings (SSSR count). The Morgan fingerprint density at radius 1 is 0.697 bits per heavy atom. The first kappa shape index (κ1) is 20.9. The molecular weight excluding hydrogens is 432 g/mol. The van der Waals surface area contributed by atoms with Crippen LogP contribution in [0.1, 0.15) is 37.4 Å². The first-order valence-electron chi connectivity index (χ1n) is 10.5. The minimum Gasteiger partial charge on any atom is -0.478 e. The minimum absolute atomic E-state index is 0.231. The Balaban J connectivity index is 1.31. The lowest BCUT2D eigenvalue weighted by molar-refractivity contribution is 0.0472. The van der Waals surface area contributed by atoms with Gasteiger partial charge in [0.2, 0.25) is 0 Å². The first-order chi connectivity index (χ1) is 16.0. The zero-order chi connectivity index (χ0) is 22.8. The molecule has 33 heavy (non-hydrogen) atoms. The summed E-state index contributed by atoms with van der Waals surface area (Å²) in [4.78, 5) is 23.7. The van der Waals surface area contributed by atoms with E-state index in [2.05, 4.69) is 29.6 Å². The van der Waals surface area contributed by atoms with Crippen molar-refractivity contribution in [2.24, 2.45) is 0 Å². The fraction of sp³-hybridized carbons (Fsp3) is 0.0714. The van der Waals surface area contributed by atoms with Crippen LogP contribution in [0.2, 0.25) is 0 Å². The predicted octanol–water partition coefficient (Wildman–Crippen LogP) is 6.70. The predicted molar refractivity (Wildman–Crippen MR) is 131 cm³/mol. The van der Waals surface area contributed by atoms with Crippen LogP contribution in [0, 0.1) is 0 Å². The second-order valence-electron chi connectivity index (χ2n) is 7.94. The van der Waals surface area contributed by atoms with Crippen LogP contribution in [0.3, 0.4) is 0 Å². The smallest absolute Gasteiger partial charge is 0.338 e. The van der Waals surface area contributed by atoms with Crippen LogP contribution in [0.25, 0.3) is 20.9 Å². The molecule has 162 valence electrons. The summed E-state index contributed by atoms with van der Waals surface area (Å²) in [6.07, 6.45) is 0.676. The maximum atomic E-state index is 12.7. The number of ether oxygens (including phenoxy) is 1. The van der Waals surface area contributed by atoms with Gasteiger partial charge in [0.1, 0.15) is 6.61 Å². The zero-order valence-corrected chi connectivity index (χ0v) is 18.5. The monoisotopic (exact) mass is 452 g/mol. The lowest BCUT2D eigenvalue weighted by Gasteiger charge is -2.08. The van der Waals surface area contributed by atoms with Crippen LogP contribution < -0.4 is 0 Å². The third-order valence-electron chi connectivity index (χ3n) is 5.64. The molecule has 0 aliphatic rings. The van der Waals surface area contributed by atoms with E-state index in [9.17, 15) is 9.59 Å². The van der Waals surface area contributed by atoms with Gasteiger partial charge in [-0.05, 0) is 87.1 Å². The summed E-state index contributed by atoms with van der Waals surface area (Å²) in [5, 5.41) is 14.3.